The van der Waals surface area contributed by atoms with Gasteiger partial charge < -0.3 is 4.74 Å². The van der Waals surface area contributed by atoms with Crippen molar-refractivity contribution in [3.05, 3.63) is 40.4 Å². The zero-order valence-corrected chi connectivity index (χ0v) is 14.7. The summed E-state index contributed by atoms with van der Waals surface area (Å²) in [7, 11) is -3.28. The molecule has 1 N–H and O–H groups in total. The van der Waals surface area contributed by atoms with E-state index in [1.54, 1.807) is 11.4 Å². The number of halogens is 1. The Labute approximate surface area is 143 Å². The van der Waals surface area contributed by atoms with Crippen LogP contribution in [0.3, 0.4) is 0 Å². The van der Waals surface area contributed by atoms with Crippen molar-refractivity contribution in [3.8, 4) is 10.6 Å². The second-order valence-corrected chi connectivity index (χ2v) is 7.79. The number of esters is 1. The molecule has 2 rings (SSSR count). The molecular weight excluding hydrogens is 360 g/mol. The van der Waals surface area contributed by atoms with Crippen molar-refractivity contribution < 1.29 is 17.9 Å². The topological polar surface area (TPSA) is 85.4 Å². The first-order valence-corrected chi connectivity index (χ1v) is 9.79. The number of nitrogens with one attached hydrogen (secondary N) is 1. The number of nitrogens with zero attached hydrogens (tertiary/aromatic N) is 1. The van der Waals surface area contributed by atoms with Crippen LogP contribution in [0.25, 0.3) is 10.6 Å². The fraction of sp³-hybridized carbons (Fsp3) is 0.286. The highest BCUT2D eigenvalue weighted by atomic mass is 35.5. The Bertz CT molecular complexity index is 790. The van der Waals surface area contributed by atoms with E-state index in [4.69, 9.17) is 16.3 Å². The van der Waals surface area contributed by atoms with Gasteiger partial charge in [-0.2, -0.15) is 0 Å². The largest absolute Gasteiger partial charge is 0.464 e. The van der Waals surface area contributed by atoms with Crippen molar-refractivity contribution in [2.45, 2.75) is 6.42 Å². The highest BCUT2D eigenvalue weighted by Crippen LogP contribution is 2.30. The van der Waals surface area contributed by atoms with Crippen LogP contribution in [0, 0.1) is 0 Å². The third kappa shape index (κ3) is 5.91. The number of hydrogen-bond acceptors (Lipinski definition) is 6. The van der Waals surface area contributed by atoms with Gasteiger partial charge in [0, 0.05) is 17.5 Å². The normalized spacial score (nSPS) is 11.4. The zero-order chi connectivity index (χ0) is 16.9. The number of ether oxygens (including phenoxy) is 1. The third-order valence-electron chi connectivity index (χ3n) is 2.71. The Morgan fingerprint density at radius 2 is 2.13 bits per heavy atom. The molecule has 2 aromatic rings. The van der Waals surface area contributed by atoms with Gasteiger partial charge in [0.05, 0.1) is 23.4 Å². The lowest BCUT2D eigenvalue weighted by Gasteiger charge is -2.04. The number of sulfonamides is 1. The molecule has 23 heavy (non-hydrogen) atoms. The van der Waals surface area contributed by atoms with Crippen LogP contribution in [0.1, 0.15) is 5.69 Å². The fourth-order valence-electron chi connectivity index (χ4n) is 1.74. The molecule has 1 aromatic carbocycles. The number of thiazole rings is 1. The summed E-state index contributed by atoms with van der Waals surface area (Å²) < 4.78 is 28.9. The van der Waals surface area contributed by atoms with Gasteiger partial charge in [-0.1, -0.05) is 29.8 Å². The summed E-state index contributed by atoms with van der Waals surface area (Å²) >= 11 is 7.51. The van der Waals surface area contributed by atoms with Crippen LogP contribution in [0.15, 0.2) is 29.6 Å². The average molecular weight is 375 g/mol. The summed E-state index contributed by atoms with van der Waals surface area (Å²) in [6.45, 7) is 0.0277. The molecule has 0 fully saturated rings. The minimum absolute atomic E-state index is 0.0204. The smallest absolute Gasteiger partial charge is 0.311 e. The van der Waals surface area contributed by atoms with E-state index in [0.29, 0.717) is 10.7 Å². The summed E-state index contributed by atoms with van der Waals surface area (Å²) in [5.41, 5.74) is 1.40. The average Bonchev–Trinajstić information content (AvgIpc) is 2.91. The fourth-order valence-corrected chi connectivity index (χ4v) is 3.33. The number of hydrogen-bond donors (Lipinski definition) is 1. The van der Waals surface area contributed by atoms with Crippen LogP contribution in [0.4, 0.5) is 0 Å². The Balaban J connectivity index is 1.87. The van der Waals surface area contributed by atoms with Gasteiger partial charge in [0.2, 0.25) is 10.0 Å². The molecule has 0 radical (unpaired) electrons. The maximum Gasteiger partial charge on any atom is 0.311 e. The highest BCUT2D eigenvalue weighted by molar-refractivity contribution is 7.88. The molecule has 0 atom stereocenters. The number of rotatable bonds is 7. The van der Waals surface area contributed by atoms with E-state index in [-0.39, 0.29) is 19.6 Å². The first kappa shape index (κ1) is 17.9. The number of benzene rings is 1. The zero-order valence-electron chi connectivity index (χ0n) is 12.3. The van der Waals surface area contributed by atoms with E-state index < -0.39 is 16.0 Å². The minimum Gasteiger partial charge on any atom is -0.464 e. The first-order valence-electron chi connectivity index (χ1n) is 6.65. The molecule has 0 aliphatic rings. The lowest BCUT2D eigenvalue weighted by atomic mass is 10.2. The number of carbonyl (C=O) groups excluding carboxylic acids is 1. The molecule has 0 unspecified atom stereocenters. The van der Waals surface area contributed by atoms with E-state index in [0.717, 1.165) is 16.8 Å². The Hall–Kier alpha value is -1.48. The van der Waals surface area contributed by atoms with Crippen molar-refractivity contribution >= 4 is 38.9 Å². The standard InChI is InChI=1S/C14H15ClN2O4S2/c1-23(19,20)16-6-7-21-13(18)8-10-9-22-14(17-10)11-4-2-3-5-12(11)15/h2-5,9,16H,6-8H2,1H3. The van der Waals surface area contributed by atoms with Crippen LogP contribution in [-0.4, -0.2) is 38.8 Å². The predicted molar refractivity (Wildman–Crippen MR) is 90.1 cm³/mol. The summed E-state index contributed by atoms with van der Waals surface area (Å²) in [4.78, 5) is 16.1. The maximum absolute atomic E-state index is 11.7. The van der Waals surface area contributed by atoms with Crippen LogP contribution in [0.2, 0.25) is 5.02 Å². The third-order valence-corrected chi connectivity index (χ3v) is 4.69. The van der Waals surface area contributed by atoms with E-state index in [2.05, 4.69) is 9.71 Å². The van der Waals surface area contributed by atoms with Crippen LogP contribution in [0.5, 0.6) is 0 Å². The molecule has 0 saturated heterocycles. The number of aromatic nitrogens is 1. The van der Waals surface area contributed by atoms with Gasteiger partial charge in [-0.15, -0.1) is 11.3 Å². The van der Waals surface area contributed by atoms with Crippen molar-refractivity contribution in [2.24, 2.45) is 0 Å². The monoisotopic (exact) mass is 374 g/mol. The van der Waals surface area contributed by atoms with Crippen molar-refractivity contribution in [3.63, 3.8) is 0 Å². The Morgan fingerprint density at radius 3 is 2.83 bits per heavy atom. The first-order chi connectivity index (χ1) is 10.8. The van der Waals surface area contributed by atoms with E-state index >= 15 is 0 Å². The van der Waals surface area contributed by atoms with Crippen LogP contribution >= 0.6 is 22.9 Å². The van der Waals surface area contributed by atoms with Crippen molar-refractivity contribution in [1.29, 1.82) is 0 Å². The van der Waals surface area contributed by atoms with E-state index in [9.17, 15) is 13.2 Å². The van der Waals surface area contributed by atoms with Gasteiger partial charge in [0.15, 0.2) is 0 Å². The quantitative estimate of drug-likeness (QED) is 0.592. The Morgan fingerprint density at radius 1 is 1.39 bits per heavy atom. The SMILES string of the molecule is CS(=O)(=O)NCCOC(=O)Cc1csc(-c2ccccc2Cl)n1. The van der Waals surface area contributed by atoms with Gasteiger partial charge >= 0.3 is 5.97 Å². The van der Waals surface area contributed by atoms with Gasteiger partial charge in [-0.05, 0) is 6.07 Å². The molecule has 9 heteroatoms. The van der Waals surface area contributed by atoms with Gasteiger partial charge in [-0.25, -0.2) is 18.1 Å². The molecule has 0 spiro atoms. The van der Waals surface area contributed by atoms with Gasteiger partial charge in [0.25, 0.3) is 0 Å². The van der Waals surface area contributed by atoms with Gasteiger partial charge in [-0.3, -0.25) is 4.79 Å². The van der Waals surface area contributed by atoms with Crippen molar-refractivity contribution in [2.75, 3.05) is 19.4 Å². The molecular formula is C14H15ClN2O4S2. The molecule has 0 bridgehead atoms. The lowest BCUT2D eigenvalue weighted by Crippen LogP contribution is -2.27. The summed E-state index contributed by atoms with van der Waals surface area (Å²) in [5.74, 6) is -0.462. The summed E-state index contributed by atoms with van der Waals surface area (Å²) in [6.07, 6.45) is 1.07. The predicted octanol–water partition coefficient (Wildman–Crippen LogP) is 2.10. The molecule has 0 aliphatic heterocycles. The molecule has 1 aromatic heterocycles. The van der Waals surface area contributed by atoms with Crippen LogP contribution < -0.4 is 4.72 Å². The minimum atomic E-state index is -3.28. The Kier molecular flexibility index (Phi) is 6.11. The highest BCUT2D eigenvalue weighted by Gasteiger charge is 2.12. The molecule has 0 saturated carbocycles. The molecule has 124 valence electrons. The summed E-state index contributed by atoms with van der Waals surface area (Å²) in [5, 5.41) is 3.11. The molecule has 6 nitrogen and oxygen atoms in total. The molecule has 1 heterocycles. The maximum atomic E-state index is 11.7. The summed E-state index contributed by atoms with van der Waals surface area (Å²) in [6, 6.07) is 7.34. The second-order valence-electron chi connectivity index (χ2n) is 4.69. The van der Waals surface area contributed by atoms with Crippen molar-refractivity contribution in [1.82, 2.24) is 9.71 Å². The van der Waals surface area contributed by atoms with Gasteiger partial charge in [0.1, 0.15) is 11.6 Å². The second kappa shape index (κ2) is 7.87. The van der Waals surface area contributed by atoms with E-state index in [1.807, 2.05) is 18.2 Å². The van der Waals surface area contributed by atoms with Crippen LogP contribution in [-0.2, 0) is 26.0 Å². The molecule has 0 amide bonds. The van der Waals surface area contributed by atoms with E-state index in [1.165, 1.54) is 11.3 Å². The molecule has 0 aliphatic carbocycles. The number of carbonyl (C=O) groups is 1. The lowest BCUT2D eigenvalue weighted by molar-refractivity contribution is -0.142.